The third-order valence-electron chi connectivity index (χ3n) is 6.19. The van der Waals surface area contributed by atoms with Crippen molar-refractivity contribution < 1.29 is 13.2 Å². The number of aromatic nitrogens is 1. The van der Waals surface area contributed by atoms with E-state index in [4.69, 9.17) is 0 Å². The van der Waals surface area contributed by atoms with Crippen LogP contribution in [-0.2, 0) is 21.4 Å². The maximum atomic E-state index is 13.2. The van der Waals surface area contributed by atoms with Crippen LogP contribution in [-0.4, -0.2) is 36.3 Å². The molecule has 0 atom stereocenters. The van der Waals surface area contributed by atoms with E-state index in [0.29, 0.717) is 37.2 Å². The molecule has 1 N–H and O–H groups in total. The molecule has 9 heteroatoms. The lowest BCUT2D eigenvalue weighted by molar-refractivity contribution is -0.120. The number of carbonyl (C=O) groups excluding carboxylic acids is 1. The first-order valence-corrected chi connectivity index (χ1v) is 13.5. The summed E-state index contributed by atoms with van der Waals surface area (Å²) in [5.41, 5.74) is 3.71. The molecule has 0 bridgehead atoms. The zero-order chi connectivity index (χ0) is 23.8. The number of aryl methyl sites for hydroxylation is 3. The molecule has 2 heterocycles. The Bertz CT molecular complexity index is 1350. The van der Waals surface area contributed by atoms with Crippen molar-refractivity contribution in [3.63, 3.8) is 0 Å². The van der Waals surface area contributed by atoms with Gasteiger partial charge in [-0.3, -0.25) is 14.2 Å². The summed E-state index contributed by atoms with van der Waals surface area (Å²) in [6.45, 7) is 7.16. The van der Waals surface area contributed by atoms with Gasteiger partial charge in [0.05, 0.1) is 15.1 Å². The molecule has 1 aromatic heterocycles. The quantitative estimate of drug-likeness (QED) is 0.566. The van der Waals surface area contributed by atoms with Gasteiger partial charge in [-0.15, -0.1) is 0 Å². The molecule has 2 aromatic carbocycles. The van der Waals surface area contributed by atoms with Crippen LogP contribution >= 0.6 is 11.3 Å². The van der Waals surface area contributed by atoms with Gasteiger partial charge in [-0.05, 0) is 62.9 Å². The lowest BCUT2D eigenvalue weighted by atomic mass is 9.97. The van der Waals surface area contributed by atoms with E-state index in [9.17, 15) is 18.0 Å². The van der Waals surface area contributed by atoms with Crippen LogP contribution in [0.2, 0.25) is 0 Å². The number of carbonyl (C=O) groups is 1. The van der Waals surface area contributed by atoms with Crippen molar-refractivity contribution in [1.82, 2.24) is 8.87 Å². The highest BCUT2D eigenvalue weighted by Gasteiger charge is 2.32. The van der Waals surface area contributed by atoms with Crippen molar-refractivity contribution in [3.8, 4) is 0 Å². The first kappa shape index (κ1) is 23.7. The normalized spacial score (nSPS) is 15.7. The first-order valence-electron chi connectivity index (χ1n) is 11.2. The zero-order valence-electron chi connectivity index (χ0n) is 19.1. The fraction of sp³-hybridized carbons (Fsp3) is 0.417. The SMILES string of the molecule is CCCn1c(=O)sc2cc(S(=O)(=O)N3CCC(C(=O)Nc4ccc(C)cc4C)CC3)ccc21. The monoisotopic (exact) mass is 487 g/mol. The highest BCUT2D eigenvalue weighted by molar-refractivity contribution is 7.89. The Hall–Kier alpha value is -2.49. The molecule has 3 aromatic rings. The summed E-state index contributed by atoms with van der Waals surface area (Å²) in [7, 11) is -3.69. The summed E-state index contributed by atoms with van der Waals surface area (Å²) in [6, 6.07) is 10.8. The summed E-state index contributed by atoms with van der Waals surface area (Å²) in [4.78, 5) is 25.1. The van der Waals surface area contributed by atoms with Gasteiger partial charge in [0.2, 0.25) is 15.9 Å². The lowest BCUT2D eigenvalue weighted by Gasteiger charge is -2.30. The molecule has 4 rings (SSSR count). The average molecular weight is 488 g/mol. The predicted octanol–water partition coefficient (Wildman–Crippen LogP) is 4.13. The molecule has 0 radical (unpaired) electrons. The number of thiazole rings is 1. The second-order valence-corrected chi connectivity index (χ2v) is 11.6. The van der Waals surface area contributed by atoms with Gasteiger partial charge in [0.1, 0.15) is 0 Å². The van der Waals surface area contributed by atoms with E-state index in [1.165, 1.54) is 4.31 Å². The minimum absolute atomic E-state index is 0.0672. The molecule has 1 saturated heterocycles. The van der Waals surface area contributed by atoms with E-state index in [1.807, 2.05) is 39.0 Å². The summed E-state index contributed by atoms with van der Waals surface area (Å²) in [5.74, 6) is -0.296. The lowest BCUT2D eigenvalue weighted by Crippen LogP contribution is -2.41. The van der Waals surface area contributed by atoms with Crippen LogP contribution in [0.5, 0.6) is 0 Å². The van der Waals surface area contributed by atoms with Gasteiger partial charge >= 0.3 is 4.87 Å². The number of benzene rings is 2. The molecule has 1 amide bonds. The van der Waals surface area contributed by atoms with Gasteiger partial charge in [0, 0.05) is 31.2 Å². The summed E-state index contributed by atoms with van der Waals surface area (Å²) in [6.07, 6.45) is 1.77. The fourth-order valence-electron chi connectivity index (χ4n) is 4.34. The molecular formula is C24H29N3O4S2. The standard InChI is InChI=1S/C24H29N3O4S2/c1-4-11-27-21-8-6-19(15-22(21)32-24(27)29)33(30,31)26-12-9-18(10-13-26)23(28)25-20-7-5-16(2)14-17(20)3/h5-8,14-15,18H,4,9-13H2,1-3H3,(H,25,28). The van der Waals surface area contributed by atoms with Crippen molar-refractivity contribution >= 4 is 43.2 Å². The van der Waals surface area contributed by atoms with Crippen molar-refractivity contribution in [3.05, 3.63) is 57.2 Å². The van der Waals surface area contributed by atoms with Crippen molar-refractivity contribution in [2.24, 2.45) is 5.92 Å². The maximum Gasteiger partial charge on any atom is 0.308 e. The van der Waals surface area contributed by atoms with Gasteiger partial charge in [-0.2, -0.15) is 4.31 Å². The average Bonchev–Trinajstić information content (AvgIpc) is 3.10. The number of nitrogens with zero attached hydrogens (tertiary/aromatic N) is 2. The Balaban J connectivity index is 1.45. The highest BCUT2D eigenvalue weighted by atomic mass is 32.2. The Morgan fingerprint density at radius 3 is 2.52 bits per heavy atom. The minimum Gasteiger partial charge on any atom is -0.326 e. The Labute approximate surface area is 198 Å². The predicted molar refractivity (Wildman–Crippen MR) is 132 cm³/mol. The van der Waals surface area contributed by atoms with E-state index in [0.717, 1.165) is 40.1 Å². The molecule has 0 saturated carbocycles. The third-order valence-corrected chi connectivity index (χ3v) is 9.03. The highest BCUT2D eigenvalue weighted by Crippen LogP contribution is 2.28. The van der Waals surface area contributed by atoms with Crippen LogP contribution in [0.15, 0.2) is 46.1 Å². The summed E-state index contributed by atoms with van der Waals surface area (Å²) >= 11 is 1.07. The second kappa shape index (κ2) is 9.40. The summed E-state index contributed by atoms with van der Waals surface area (Å²) < 4.78 is 30.3. The van der Waals surface area contributed by atoms with E-state index >= 15 is 0 Å². The molecule has 33 heavy (non-hydrogen) atoms. The van der Waals surface area contributed by atoms with Crippen LogP contribution < -0.4 is 10.2 Å². The van der Waals surface area contributed by atoms with Crippen molar-refractivity contribution in [1.29, 1.82) is 0 Å². The number of amides is 1. The Morgan fingerprint density at radius 1 is 1.12 bits per heavy atom. The first-order chi connectivity index (χ1) is 15.7. The molecule has 7 nitrogen and oxygen atoms in total. The third kappa shape index (κ3) is 4.76. The summed E-state index contributed by atoms with van der Waals surface area (Å²) in [5, 5.41) is 2.99. The fourth-order valence-corrected chi connectivity index (χ4v) is 6.87. The Kier molecular flexibility index (Phi) is 6.74. The number of sulfonamides is 1. The second-order valence-electron chi connectivity index (χ2n) is 8.64. The molecule has 1 fully saturated rings. The number of hydrogen-bond donors (Lipinski definition) is 1. The number of piperidine rings is 1. The minimum atomic E-state index is -3.69. The van der Waals surface area contributed by atoms with E-state index in [2.05, 4.69) is 5.32 Å². The van der Waals surface area contributed by atoms with Crippen LogP contribution in [0.25, 0.3) is 10.2 Å². The smallest absolute Gasteiger partial charge is 0.308 e. The van der Waals surface area contributed by atoms with Crippen molar-refractivity contribution in [2.75, 3.05) is 18.4 Å². The number of hydrogen-bond acceptors (Lipinski definition) is 5. The van der Waals surface area contributed by atoms with Crippen LogP contribution in [0, 0.1) is 19.8 Å². The molecule has 0 aliphatic carbocycles. The van der Waals surface area contributed by atoms with Gasteiger partial charge in [0.15, 0.2) is 0 Å². The molecule has 0 spiro atoms. The van der Waals surface area contributed by atoms with Gasteiger partial charge in [0.25, 0.3) is 0 Å². The largest absolute Gasteiger partial charge is 0.326 e. The van der Waals surface area contributed by atoms with Crippen molar-refractivity contribution in [2.45, 2.75) is 51.5 Å². The van der Waals surface area contributed by atoms with Gasteiger partial charge < -0.3 is 5.32 Å². The van der Waals surface area contributed by atoms with E-state index in [-0.39, 0.29) is 21.6 Å². The molecular weight excluding hydrogens is 458 g/mol. The number of fused-ring (bicyclic) bond motifs is 1. The molecule has 1 aliphatic rings. The van der Waals surface area contributed by atoms with E-state index < -0.39 is 10.0 Å². The van der Waals surface area contributed by atoms with Crippen LogP contribution in [0.1, 0.15) is 37.3 Å². The van der Waals surface area contributed by atoms with Gasteiger partial charge in [-0.1, -0.05) is 36.0 Å². The van der Waals surface area contributed by atoms with Crippen LogP contribution in [0.3, 0.4) is 0 Å². The molecule has 0 unspecified atom stereocenters. The van der Waals surface area contributed by atoms with Gasteiger partial charge in [-0.25, -0.2) is 8.42 Å². The molecule has 1 aliphatic heterocycles. The number of nitrogens with one attached hydrogen (secondary N) is 1. The number of anilines is 1. The Morgan fingerprint density at radius 2 is 1.85 bits per heavy atom. The number of rotatable bonds is 6. The maximum absolute atomic E-state index is 13.2. The topological polar surface area (TPSA) is 88.5 Å². The van der Waals surface area contributed by atoms with E-state index in [1.54, 1.807) is 22.8 Å². The van der Waals surface area contributed by atoms with Crippen LogP contribution in [0.4, 0.5) is 5.69 Å². The molecule has 176 valence electrons. The zero-order valence-corrected chi connectivity index (χ0v) is 20.8.